The molecule has 0 aromatic heterocycles. The summed E-state index contributed by atoms with van der Waals surface area (Å²) in [5.74, 6) is -2.09. The van der Waals surface area contributed by atoms with Crippen LogP contribution >= 0.6 is 0 Å². The molecule has 0 atom stereocenters. The molecule has 1 amide bonds. The summed E-state index contributed by atoms with van der Waals surface area (Å²) in [6, 6.07) is 0. The third kappa shape index (κ3) is 5.37. The number of amides is 1. The fourth-order valence-corrected chi connectivity index (χ4v) is 2.88. The fraction of sp³-hybridized carbons (Fsp3) is 0.727. The van der Waals surface area contributed by atoms with Crippen LogP contribution in [0.2, 0.25) is 0 Å². The minimum absolute atomic E-state index is 0.0811. The van der Waals surface area contributed by atoms with E-state index in [0.29, 0.717) is 0 Å². The number of carbonyl (C=O) groups excluding carboxylic acids is 3. The number of carbonyl (C=O) groups is 3. The Morgan fingerprint density at radius 1 is 1.26 bits per heavy atom. The van der Waals surface area contributed by atoms with Crippen LogP contribution in [0.15, 0.2) is 0 Å². The Morgan fingerprint density at radius 3 is 2.37 bits per heavy atom. The molecule has 0 radical (unpaired) electrons. The van der Waals surface area contributed by atoms with E-state index >= 15 is 0 Å². The van der Waals surface area contributed by atoms with Crippen molar-refractivity contribution in [2.75, 3.05) is 31.7 Å². The van der Waals surface area contributed by atoms with Crippen LogP contribution in [0.4, 0.5) is 0 Å². The first-order valence-electron chi connectivity index (χ1n) is 5.91. The molecule has 0 spiro atoms. The van der Waals surface area contributed by atoms with Gasteiger partial charge in [-0.05, 0) is 0 Å². The second-order valence-corrected chi connectivity index (χ2v) is 6.52. The Morgan fingerprint density at radius 2 is 1.84 bits per heavy atom. The molecule has 0 unspecified atom stereocenters. The van der Waals surface area contributed by atoms with Gasteiger partial charge in [0, 0.05) is 25.9 Å². The number of likely N-dealkylation sites (tertiary alicyclic amines) is 1. The summed E-state index contributed by atoms with van der Waals surface area (Å²) in [7, 11) is -2.45. The molecule has 1 fully saturated rings. The van der Waals surface area contributed by atoms with Gasteiger partial charge in [0.05, 0.1) is 19.3 Å². The second-order valence-electron chi connectivity index (χ2n) is 4.34. The smallest absolute Gasteiger partial charge is 0.306 e. The number of hydrogen-bond donors (Lipinski definition) is 0. The van der Waals surface area contributed by atoms with Crippen molar-refractivity contribution >= 4 is 27.5 Å². The van der Waals surface area contributed by atoms with Crippen LogP contribution in [0.25, 0.3) is 0 Å². The number of Topliss-reactive ketones (excluding diaryl/α,β-unsaturated/α-hetero) is 1. The second kappa shape index (κ2) is 6.65. The van der Waals surface area contributed by atoms with Gasteiger partial charge in [-0.3, -0.25) is 14.4 Å². The van der Waals surface area contributed by atoms with Crippen molar-refractivity contribution in [3.63, 3.8) is 0 Å². The summed E-state index contributed by atoms with van der Waals surface area (Å²) < 4.78 is 27.6. The average Bonchev–Trinajstić information content (AvgIpc) is 2.36. The van der Waals surface area contributed by atoms with Crippen molar-refractivity contribution in [1.82, 2.24) is 4.90 Å². The molecular formula is C11H17NO6S. The number of nitrogens with zero attached hydrogens (tertiary/aromatic N) is 1. The molecule has 0 aromatic carbocycles. The summed E-state index contributed by atoms with van der Waals surface area (Å²) in [6.07, 6.45) is 0.284. The van der Waals surface area contributed by atoms with Crippen molar-refractivity contribution < 1.29 is 27.5 Å². The minimum atomic E-state index is -3.63. The van der Waals surface area contributed by atoms with Crippen LogP contribution in [0.5, 0.6) is 0 Å². The van der Waals surface area contributed by atoms with E-state index in [1.165, 1.54) is 12.0 Å². The highest BCUT2D eigenvalue weighted by molar-refractivity contribution is 7.92. The molecule has 0 bridgehead atoms. The number of ether oxygens (including phenoxy) is 1. The number of esters is 1. The van der Waals surface area contributed by atoms with E-state index in [1.807, 2.05) is 0 Å². The van der Waals surface area contributed by atoms with E-state index in [9.17, 15) is 22.8 Å². The minimum Gasteiger partial charge on any atom is -0.469 e. The van der Waals surface area contributed by atoms with Gasteiger partial charge in [-0.2, -0.15) is 0 Å². The standard InChI is InChI=1S/C11H17NO6S/c1-18-11(15)4-7-19(16,17)8-10(14)12-5-2-9(13)3-6-12/h2-8H2,1H3. The van der Waals surface area contributed by atoms with Gasteiger partial charge in [0.25, 0.3) is 0 Å². The molecule has 7 nitrogen and oxygen atoms in total. The van der Waals surface area contributed by atoms with Gasteiger partial charge in [0.2, 0.25) is 5.91 Å². The quantitative estimate of drug-likeness (QED) is 0.612. The van der Waals surface area contributed by atoms with Crippen LogP contribution in [-0.4, -0.2) is 62.7 Å². The summed E-state index contributed by atoms with van der Waals surface area (Å²) in [4.78, 5) is 35.0. The highest BCUT2D eigenvalue weighted by Crippen LogP contribution is 2.07. The maximum atomic E-state index is 11.8. The van der Waals surface area contributed by atoms with E-state index < -0.39 is 33.2 Å². The van der Waals surface area contributed by atoms with Crippen LogP contribution in [-0.2, 0) is 29.0 Å². The molecular weight excluding hydrogens is 274 g/mol. The van der Waals surface area contributed by atoms with E-state index in [4.69, 9.17) is 0 Å². The van der Waals surface area contributed by atoms with E-state index in [1.54, 1.807) is 0 Å². The van der Waals surface area contributed by atoms with Crippen molar-refractivity contribution in [2.24, 2.45) is 0 Å². The van der Waals surface area contributed by atoms with E-state index in [2.05, 4.69) is 4.74 Å². The number of hydrogen-bond acceptors (Lipinski definition) is 6. The van der Waals surface area contributed by atoms with Gasteiger partial charge in [-0.25, -0.2) is 8.42 Å². The Bertz CT molecular complexity index is 460. The van der Waals surface area contributed by atoms with Gasteiger partial charge in [-0.1, -0.05) is 0 Å². The summed E-state index contributed by atoms with van der Waals surface area (Å²) >= 11 is 0. The zero-order chi connectivity index (χ0) is 14.5. The average molecular weight is 291 g/mol. The highest BCUT2D eigenvalue weighted by Gasteiger charge is 2.25. The molecule has 0 aromatic rings. The van der Waals surface area contributed by atoms with Crippen molar-refractivity contribution in [1.29, 1.82) is 0 Å². The first-order valence-corrected chi connectivity index (χ1v) is 7.73. The lowest BCUT2D eigenvalue weighted by atomic mass is 10.1. The predicted molar refractivity (Wildman–Crippen MR) is 66.1 cm³/mol. The molecule has 1 rings (SSSR count). The topological polar surface area (TPSA) is 97.8 Å². The SMILES string of the molecule is COC(=O)CCS(=O)(=O)CC(=O)N1CCC(=O)CC1. The molecule has 1 saturated heterocycles. The maximum Gasteiger partial charge on any atom is 0.306 e. The summed E-state index contributed by atoms with van der Waals surface area (Å²) in [5.41, 5.74) is 0. The number of rotatable bonds is 5. The first kappa shape index (κ1) is 15.6. The molecule has 0 N–H and O–H groups in total. The van der Waals surface area contributed by atoms with Crippen molar-refractivity contribution in [2.45, 2.75) is 19.3 Å². The molecule has 0 aliphatic carbocycles. The zero-order valence-corrected chi connectivity index (χ0v) is 11.6. The Hall–Kier alpha value is -1.44. The number of ketones is 1. The number of piperidine rings is 1. The summed E-state index contributed by atoms with van der Waals surface area (Å²) in [6.45, 7) is 0.536. The van der Waals surface area contributed by atoms with E-state index in [0.717, 1.165) is 0 Å². The Balaban J connectivity index is 2.46. The lowest BCUT2D eigenvalue weighted by molar-refractivity contribution is -0.140. The van der Waals surface area contributed by atoms with Crippen LogP contribution < -0.4 is 0 Å². The lowest BCUT2D eigenvalue weighted by Gasteiger charge is -2.25. The first-order chi connectivity index (χ1) is 8.84. The molecule has 1 heterocycles. The molecule has 108 valence electrons. The normalized spacial score (nSPS) is 16.3. The van der Waals surface area contributed by atoms with Gasteiger partial charge < -0.3 is 9.64 Å². The lowest BCUT2D eigenvalue weighted by Crippen LogP contribution is -2.42. The Kier molecular flexibility index (Phi) is 5.46. The maximum absolute atomic E-state index is 11.8. The highest BCUT2D eigenvalue weighted by atomic mass is 32.2. The predicted octanol–water partition coefficient (Wildman–Crippen LogP) is -0.844. The van der Waals surface area contributed by atoms with Gasteiger partial charge in [0.15, 0.2) is 9.84 Å². The van der Waals surface area contributed by atoms with Crippen LogP contribution in [0.3, 0.4) is 0 Å². The van der Waals surface area contributed by atoms with Crippen LogP contribution in [0, 0.1) is 0 Å². The van der Waals surface area contributed by atoms with Gasteiger partial charge in [0.1, 0.15) is 11.5 Å². The molecule has 0 saturated carbocycles. The monoisotopic (exact) mass is 291 g/mol. The third-order valence-electron chi connectivity index (χ3n) is 2.86. The molecule has 1 aliphatic rings. The Labute approximate surface area is 111 Å². The molecule has 19 heavy (non-hydrogen) atoms. The van der Waals surface area contributed by atoms with Gasteiger partial charge >= 0.3 is 5.97 Å². The number of sulfone groups is 1. The molecule has 8 heteroatoms. The van der Waals surface area contributed by atoms with E-state index in [-0.39, 0.29) is 38.1 Å². The van der Waals surface area contributed by atoms with Crippen molar-refractivity contribution in [3.8, 4) is 0 Å². The van der Waals surface area contributed by atoms with Gasteiger partial charge in [-0.15, -0.1) is 0 Å². The number of methoxy groups -OCH3 is 1. The fourth-order valence-electron chi connectivity index (χ4n) is 1.70. The largest absolute Gasteiger partial charge is 0.469 e. The molecule has 1 aliphatic heterocycles. The zero-order valence-electron chi connectivity index (χ0n) is 10.8. The van der Waals surface area contributed by atoms with Crippen molar-refractivity contribution in [3.05, 3.63) is 0 Å². The summed E-state index contributed by atoms with van der Waals surface area (Å²) in [5, 5.41) is 0. The van der Waals surface area contributed by atoms with Crippen LogP contribution in [0.1, 0.15) is 19.3 Å². The third-order valence-corrected chi connectivity index (χ3v) is 4.37.